The first-order valence-corrected chi connectivity index (χ1v) is 8.66. The summed E-state index contributed by atoms with van der Waals surface area (Å²) < 4.78 is 5.36. The molecule has 0 bridgehead atoms. The van der Waals surface area contributed by atoms with Crippen LogP contribution in [-0.4, -0.2) is 43.2 Å². The quantitative estimate of drug-likeness (QED) is 0.665. The zero-order chi connectivity index (χ0) is 13.2. The molecule has 2 heterocycles. The van der Waals surface area contributed by atoms with Crippen molar-refractivity contribution in [3.8, 4) is 0 Å². The number of nitrogens with one attached hydrogen (secondary N) is 1. The van der Waals surface area contributed by atoms with E-state index in [9.17, 15) is 9.90 Å². The monoisotopic (exact) mass is 325 g/mol. The molecule has 0 unspecified atom stereocenters. The number of hydrogen-bond acceptors (Lipinski definition) is 3. The van der Waals surface area contributed by atoms with Gasteiger partial charge in [0.2, 0.25) is 0 Å². The summed E-state index contributed by atoms with van der Waals surface area (Å²) in [6, 6.07) is 7.88. The van der Waals surface area contributed by atoms with Crippen LogP contribution in [0.3, 0.4) is 0 Å². The Labute approximate surface area is 117 Å². The number of aliphatic hydroxyl groups is 1. The van der Waals surface area contributed by atoms with E-state index in [1.807, 2.05) is 30.5 Å². The molecule has 2 atom stereocenters. The summed E-state index contributed by atoms with van der Waals surface area (Å²) in [6.45, 7) is 0. The van der Waals surface area contributed by atoms with E-state index < -0.39 is 6.10 Å². The number of aliphatic hydroxyl groups excluding tert-OH is 1. The Morgan fingerprint density at radius 1 is 1.42 bits per heavy atom. The van der Waals surface area contributed by atoms with Crippen molar-refractivity contribution in [1.29, 1.82) is 0 Å². The van der Waals surface area contributed by atoms with Crippen LogP contribution in [0.25, 0.3) is 10.9 Å². The van der Waals surface area contributed by atoms with Crippen molar-refractivity contribution in [3.63, 3.8) is 0 Å². The molecule has 1 fully saturated rings. The number of rotatable bonds is 3. The van der Waals surface area contributed by atoms with Gasteiger partial charge in [-0.1, -0.05) is 0 Å². The SMILES string of the molecule is O=C(Cc1c[nH]c2ccccc12)O[C@@H]1C[Se]C[C@H]1O. The van der Waals surface area contributed by atoms with Gasteiger partial charge in [0.1, 0.15) is 0 Å². The molecule has 3 rings (SSSR count). The van der Waals surface area contributed by atoms with Crippen molar-refractivity contribution >= 4 is 31.8 Å². The van der Waals surface area contributed by atoms with E-state index >= 15 is 0 Å². The summed E-state index contributed by atoms with van der Waals surface area (Å²) in [5, 5.41) is 12.3. The number of para-hydroxylation sites is 1. The number of aromatic nitrogens is 1. The van der Waals surface area contributed by atoms with Crippen molar-refractivity contribution in [2.24, 2.45) is 0 Å². The molecule has 1 aliphatic heterocycles. The van der Waals surface area contributed by atoms with Crippen LogP contribution in [0, 0.1) is 0 Å². The molecule has 2 aromatic rings. The van der Waals surface area contributed by atoms with Crippen LogP contribution in [0.2, 0.25) is 10.6 Å². The van der Waals surface area contributed by atoms with Gasteiger partial charge in [0.15, 0.2) is 0 Å². The third-order valence-electron chi connectivity index (χ3n) is 3.29. The van der Waals surface area contributed by atoms with Crippen molar-refractivity contribution in [1.82, 2.24) is 4.98 Å². The average molecular weight is 324 g/mol. The molecule has 0 saturated carbocycles. The van der Waals surface area contributed by atoms with Crippen molar-refractivity contribution in [3.05, 3.63) is 36.0 Å². The Morgan fingerprint density at radius 3 is 3.05 bits per heavy atom. The first-order chi connectivity index (χ1) is 9.24. The molecule has 19 heavy (non-hydrogen) atoms. The second-order valence-corrected chi connectivity index (χ2v) is 6.92. The van der Waals surface area contributed by atoms with Crippen LogP contribution in [-0.2, 0) is 16.0 Å². The van der Waals surface area contributed by atoms with E-state index in [-0.39, 0.29) is 18.5 Å². The van der Waals surface area contributed by atoms with Crippen LogP contribution in [0.15, 0.2) is 30.5 Å². The number of benzene rings is 1. The summed E-state index contributed by atoms with van der Waals surface area (Å²) in [4.78, 5) is 15.1. The zero-order valence-corrected chi connectivity index (χ0v) is 12.0. The molecule has 1 aliphatic rings. The maximum absolute atomic E-state index is 11.9. The van der Waals surface area contributed by atoms with Gasteiger partial charge in [0.25, 0.3) is 0 Å². The standard InChI is InChI=1S/C14H15NO3Se/c16-12-7-19-8-13(12)18-14(17)5-9-6-15-11-4-2-1-3-10(9)11/h1-4,6,12-13,15-16H,5,7-8H2/t12-,13-/m1/s1. The third-order valence-corrected chi connectivity index (χ3v) is 5.69. The van der Waals surface area contributed by atoms with Crippen molar-refractivity contribution < 1.29 is 14.6 Å². The molecule has 1 aromatic carbocycles. The molecule has 0 amide bonds. The topological polar surface area (TPSA) is 62.3 Å². The molecule has 0 spiro atoms. The number of esters is 1. The van der Waals surface area contributed by atoms with E-state index in [1.54, 1.807) is 0 Å². The minimum atomic E-state index is -0.466. The van der Waals surface area contributed by atoms with Gasteiger partial charge in [-0.15, -0.1) is 0 Å². The fraction of sp³-hybridized carbons (Fsp3) is 0.357. The molecule has 100 valence electrons. The predicted molar refractivity (Wildman–Crippen MR) is 73.3 cm³/mol. The van der Waals surface area contributed by atoms with Gasteiger partial charge in [0.05, 0.1) is 0 Å². The Bertz CT molecular complexity index is 595. The van der Waals surface area contributed by atoms with Gasteiger partial charge >= 0.3 is 117 Å². The van der Waals surface area contributed by atoms with E-state index in [0.717, 1.165) is 27.1 Å². The summed E-state index contributed by atoms with van der Waals surface area (Å²) >= 11 is 0.408. The van der Waals surface area contributed by atoms with Gasteiger partial charge in [-0.3, -0.25) is 0 Å². The minimum absolute atomic E-state index is 0.250. The molecule has 1 saturated heterocycles. The number of hydrogen-bond donors (Lipinski definition) is 2. The van der Waals surface area contributed by atoms with Crippen LogP contribution in [0.4, 0.5) is 0 Å². The van der Waals surface area contributed by atoms with Crippen molar-refractivity contribution in [2.45, 2.75) is 29.3 Å². The molecular weight excluding hydrogens is 309 g/mol. The van der Waals surface area contributed by atoms with Gasteiger partial charge in [-0.05, 0) is 0 Å². The molecule has 0 radical (unpaired) electrons. The Balaban J connectivity index is 1.69. The average Bonchev–Trinajstić information content (AvgIpc) is 2.98. The van der Waals surface area contributed by atoms with Crippen LogP contribution in [0.1, 0.15) is 5.56 Å². The second-order valence-electron chi connectivity index (χ2n) is 4.67. The number of ether oxygens (including phenoxy) is 1. The van der Waals surface area contributed by atoms with Crippen LogP contribution in [0.5, 0.6) is 0 Å². The maximum atomic E-state index is 11.9. The molecule has 5 heteroatoms. The van der Waals surface area contributed by atoms with E-state index in [0.29, 0.717) is 15.0 Å². The summed E-state index contributed by atoms with van der Waals surface area (Å²) in [5.74, 6) is -0.258. The number of fused-ring (bicyclic) bond motifs is 1. The summed E-state index contributed by atoms with van der Waals surface area (Å²) in [6.07, 6.45) is 1.34. The van der Waals surface area contributed by atoms with Crippen LogP contribution < -0.4 is 0 Å². The first kappa shape index (κ1) is 12.7. The van der Waals surface area contributed by atoms with E-state index in [1.165, 1.54) is 0 Å². The number of carbonyl (C=O) groups is 1. The van der Waals surface area contributed by atoms with Gasteiger partial charge in [0, 0.05) is 0 Å². The first-order valence-electron chi connectivity index (χ1n) is 6.24. The Kier molecular flexibility index (Phi) is 3.60. The summed E-state index contributed by atoms with van der Waals surface area (Å²) in [7, 11) is 0. The molecular formula is C14H15NO3Se. The fourth-order valence-corrected chi connectivity index (χ4v) is 4.62. The second kappa shape index (κ2) is 5.37. The molecule has 4 nitrogen and oxygen atoms in total. The van der Waals surface area contributed by atoms with E-state index in [2.05, 4.69) is 4.98 Å². The predicted octanol–water partition coefficient (Wildman–Crippen LogP) is 1.54. The number of carbonyl (C=O) groups excluding carboxylic acids is 1. The number of H-pyrrole nitrogens is 1. The molecule has 2 N–H and O–H groups in total. The van der Waals surface area contributed by atoms with Gasteiger partial charge < -0.3 is 0 Å². The van der Waals surface area contributed by atoms with Gasteiger partial charge in [-0.2, -0.15) is 0 Å². The third kappa shape index (κ3) is 2.68. The Hall–Kier alpha value is -1.29. The van der Waals surface area contributed by atoms with Crippen molar-refractivity contribution in [2.75, 3.05) is 0 Å². The van der Waals surface area contributed by atoms with Gasteiger partial charge in [-0.25, -0.2) is 0 Å². The normalized spacial score (nSPS) is 22.8. The van der Waals surface area contributed by atoms with Crippen LogP contribution >= 0.6 is 0 Å². The zero-order valence-electron chi connectivity index (χ0n) is 10.3. The summed E-state index contributed by atoms with van der Waals surface area (Å²) in [5.41, 5.74) is 1.97. The Morgan fingerprint density at radius 2 is 2.26 bits per heavy atom. The number of aromatic amines is 1. The fourth-order valence-electron chi connectivity index (χ4n) is 2.28. The van der Waals surface area contributed by atoms with E-state index in [4.69, 9.17) is 4.74 Å². The molecule has 0 aliphatic carbocycles. The molecule has 1 aromatic heterocycles.